The van der Waals surface area contributed by atoms with Crippen LogP contribution in [0.1, 0.15) is 11.3 Å². The lowest BCUT2D eigenvalue weighted by Crippen LogP contribution is -2.27. The molecule has 2 amide bonds. The third kappa shape index (κ3) is 4.61. The fourth-order valence-electron chi connectivity index (χ4n) is 2.69. The Kier molecular flexibility index (Phi) is 5.42. The molecule has 0 fully saturated rings. The summed E-state index contributed by atoms with van der Waals surface area (Å²) in [6, 6.07) is 14.9. The van der Waals surface area contributed by atoms with Gasteiger partial charge in [-0.1, -0.05) is 29.0 Å². The number of hydrogen-bond donors (Lipinski definition) is 3. The number of furan rings is 1. The van der Waals surface area contributed by atoms with Crippen LogP contribution in [0.25, 0.3) is 10.2 Å². The van der Waals surface area contributed by atoms with Gasteiger partial charge in [-0.05, 0) is 49.4 Å². The Morgan fingerprint density at radius 3 is 2.67 bits per heavy atom. The molecule has 10 heteroatoms. The van der Waals surface area contributed by atoms with Crippen molar-refractivity contribution in [3.63, 3.8) is 0 Å². The Bertz CT molecular complexity index is 1280. The fourth-order valence-corrected chi connectivity index (χ4v) is 4.83. The molecule has 4 rings (SSSR count). The number of amides is 2. The van der Waals surface area contributed by atoms with Crippen LogP contribution in [-0.2, 0) is 16.6 Å². The van der Waals surface area contributed by atoms with Crippen molar-refractivity contribution in [2.45, 2.75) is 18.4 Å². The molecule has 2 aromatic heterocycles. The highest BCUT2D eigenvalue weighted by atomic mass is 32.2. The fraction of sp³-hybridized carbons (Fsp3) is 0.100. The predicted octanol–water partition coefficient (Wildman–Crippen LogP) is 4.32. The van der Waals surface area contributed by atoms with Crippen molar-refractivity contribution in [1.29, 1.82) is 0 Å². The number of sulfonamides is 1. The lowest BCUT2D eigenvalue weighted by Gasteiger charge is -2.06. The Labute approximate surface area is 177 Å². The van der Waals surface area contributed by atoms with Crippen LogP contribution in [0.5, 0.6) is 0 Å². The van der Waals surface area contributed by atoms with Gasteiger partial charge in [0.1, 0.15) is 5.76 Å². The molecular formula is C20H18N4O4S2. The van der Waals surface area contributed by atoms with Crippen molar-refractivity contribution < 1.29 is 17.6 Å². The maximum absolute atomic E-state index is 12.6. The number of nitrogens with one attached hydrogen (secondary N) is 3. The van der Waals surface area contributed by atoms with E-state index in [9.17, 15) is 13.2 Å². The zero-order valence-electron chi connectivity index (χ0n) is 15.9. The number of benzene rings is 2. The maximum atomic E-state index is 12.6. The lowest BCUT2D eigenvalue weighted by molar-refractivity contribution is 0.251. The first-order valence-corrected chi connectivity index (χ1v) is 11.3. The van der Waals surface area contributed by atoms with Crippen molar-refractivity contribution in [2.24, 2.45) is 0 Å². The number of aryl methyl sites for hydroxylation is 1. The molecule has 0 unspecified atom stereocenters. The number of nitrogens with zero attached hydrogens (tertiary/aromatic N) is 1. The summed E-state index contributed by atoms with van der Waals surface area (Å²) in [7, 11) is -3.73. The van der Waals surface area contributed by atoms with E-state index in [1.165, 1.54) is 17.6 Å². The first kappa shape index (κ1) is 19.9. The molecule has 0 aliphatic heterocycles. The van der Waals surface area contributed by atoms with Gasteiger partial charge in [-0.25, -0.2) is 18.2 Å². The van der Waals surface area contributed by atoms with Crippen LogP contribution in [0.15, 0.2) is 70.2 Å². The quantitative estimate of drug-likeness (QED) is 0.412. The molecule has 0 saturated heterocycles. The normalized spacial score (nSPS) is 11.4. The molecule has 0 radical (unpaired) electrons. The van der Waals surface area contributed by atoms with Crippen LogP contribution in [-0.4, -0.2) is 19.4 Å². The van der Waals surface area contributed by atoms with Crippen LogP contribution >= 0.6 is 11.3 Å². The summed E-state index contributed by atoms with van der Waals surface area (Å²) in [6.07, 6.45) is 1.54. The van der Waals surface area contributed by atoms with Crippen molar-refractivity contribution >= 4 is 48.4 Å². The summed E-state index contributed by atoms with van der Waals surface area (Å²) in [5, 5.41) is 5.68. The van der Waals surface area contributed by atoms with E-state index in [1.807, 2.05) is 6.92 Å². The van der Waals surface area contributed by atoms with E-state index in [2.05, 4.69) is 20.3 Å². The number of aromatic nitrogens is 1. The summed E-state index contributed by atoms with van der Waals surface area (Å²) in [6.45, 7) is 2.16. The highest BCUT2D eigenvalue weighted by Gasteiger charge is 2.16. The zero-order chi connectivity index (χ0) is 21.1. The van der Waals surface area contributed by atoms with Crippen LogP contribution < -0.4 is 15.4 Å². The smallest absolute Gasteiger partial charge is 0.319 e. The Morgan fingerprint density at radius 1 is 1.13 bits per heavy atom. The Balaban J connectivity index is 1.45. The summed E-state index contributed by atoms with van der Waals surface area (Å²) >= 11 is 1.19. The van der Waals surface area contributed by atoms with Gasteiger partial charge in [0.05, 0.1) is 27.9 Å². The number of carbonyl (C=O) groups is 1. The van der Waals surface area contributed by atoms with Gasteiger partial charge in [-0.2, -0.15) is 0 Å². The van der Waals surface area contributed by atoms with Crippen LogP contribution in [0, 0.1) is 6.92 Å². The van der Waals surface area contributed by atoms with E-state index in [0.717, 1.165) is 10.3 Å². The molecule has 0 bridgehead atoms. The van der Waals surface area contributed by atoms with Crippen molar-refractivity contribution in [3.8, 4) is 0 Å². The number of thiazole rings is 1. The topological polar surface area (TPSA) is 113 Å². The zero-order valence-corrected chi connectivity index (χ0v) is 17.5. The highest BCUT2D eigenvalue weighted by Crippen LogP contribution is 2.30. The van der Waals surface area contributed by atoms with Gasteiger partial charge in [-0.3, -0.25) is 4.72 Å². The summed E-state index contributed by atoms with van der Waals surface area (Å²) in [5.41, 5.74) is 2.17. The number of hydrogen-bond acceptors (Lipinski definition) is 6. The van der Waals surface area contributed by atoms with E-state index in [-0.39, 0.29) is 22.6 Å². The minimum Gasteiger partial charge on any atom is -0.467 e. The summed E-state index contributed by atoms with van der Waals surface area (Å²) in [5.74, 6) is 0.647. The molecule has 4 aromatic rings. The van der Waals surface area contributed by atoms with E-state index in [0.29, 0.717) is 17.0 Å². The van der Waals surface area contributed by atoms with Gasteiger partial charge < -0.3 is 15.1 Å². The van der Waals surface area contributed by atoms with Gasteiger partial charge >= 0.3 is 6.03 Å². The minimum atomic E-state index is -3.73. The number of fused-ring (bicyclic) bond motifs is 1. The van der Waals surface area contributed by atoms with Crippen molar-refractivity contribution in [1.82, 2.24) is 10.3 Å². The number of rotatable bonds is 6. The minimum absolute atomic E-state index is 0.169. The van der Waals surface area contributed by atoms with Gasteiger partial charge in [0.2, 0.25) is 0 Å². The van der Waals surface area contributed by atoms with Crippen LogP contribution in [0.2, 0.25) is 0 Å². The first-order chi connectivity index (χ1) is 14.4. The molecule has 0 spiro atoms. The SMILES string of the molecule is Cc1ccc(S(=O)(=O)Nc2nc3ccc(NC(=O)NCc4ccco4)cc3s2)cc1. The summed E-state index contributed by atoms with van der Waals surface area (Å²) < 4.78 is 33.5. The van der Waals surface area contributed by atoms with Crippen molar-refractivity contribution in [3.05, 3.63) is 72.2 Å². The molecule has 154 valence electrons. The number of urea groups is 1. The molecule has 0 aliphatic rings. The highest BCUT2D eigenvalue weighted by molar-refractivity contribution is 7.93. The predicted molar refractivity (Wildman–Crippen MR) is 116 cm³/mol. The second-order valence-electron chi connectivity index (χ2n) is 6.51. The third-order valence-corrected chi connectivity index (χ3v) is 6.62. The Hall–Kier alpha value is -3.37. The number of carbonyl (C=O) groups excluding carboxylic acids is 1. The molecule has 0 saturated carbocycles. The number of anilines is 2. The van der Waals surface area contributed by atoms with Gasteiger partial charge in [0, 0.05) is 5.69 Å². The van der Waals surface area contributed by atoms with Crippen molar-refractivity contribution in [2.75, 3.05) is 10.0 Å². The largest absolute Gasteiger partial charge is 0.467 e. The standard InChI is InChI=1S/C20H18N4O4S2/c1-13-4-7-16(8-5-13)30(26,27)24-20-23-17-9-6-14(11-18(17)29-20)22-19(25)21-12-15-3-2-10-28-15/h2-11H,12H2,1H3,(H,23,24)(H2,21,22,25). The van der Waals surface area contributed by atoms with E-state index >= 15 is 0 Å². The average molecular weight is 443 g/mol. The van der Waals surface area contributed by atoms with Crippen LogP contribution in [0.4, 0.5) is 15.6 Å². The van der Waals surface area contributed by atoms with Crippen LogP contribution in [0.3, 0.4) is 0 Å². The molecule has 2 heterocycles. The molecule has 0 atom stereocenters. The van der Waals surface area contributed by atoms with E-state index in [4.69, 9.17) is 4.42 Å². The molecule has 3 N–H and O–H groups in total. The molecule has 8 nitrogen and oxygen atoms in total. The molecule has 0 aliphatic carbocycles. The lowest BCUT2D eigenvalue weighted by atomic mass is 10.2. The first-order valence-electron chi connectivity index (χ1n) is 8.96. The molecular weight excluding hydrogens is 424 g/mol. The maximum Gasteiger partial charge on any atom is 0.319 e. The average Bonchev–Trinajstić information content (AvgIpc) is 3.35. The second-order valence-corrected chi connectivity index (χ2v) is 9.22. The Morgan fingerprint density at radius 2 is 1.93 bits per heavy atom. The molecule has 30 heavy (non-hydrogen) atoms. The van der Waals surface area contributed by atoms with E-state index < -0.39 is 10.0 Å². The van der Waals surface area contributed by atoms with Gasteiger partial charge in [0.25, 0.3) is 10.0 Å². The third-order valence-electron chi connectivity index (χ3n) is 4.20. The second kappa shape index (κ2) is 8.17. The summed E-state index contributed by atoms with van der Waals surface area (Å²) in [4.78, 5) is 16.5. The van der Waals surface area contributed by atoms with Gasteiger partial charge in [0.15, 0.2) is 5.13 Å². The van der Waals surface area contributed by atoms with Gasteiger partial charge in [-0.15, -0.1) is 0 Å². The molecule has 2 aromatic carbocycles. The van der Waals surface area contributed by atoms with E-state index in [1.54, 1.807) is 54.6 Å². The monoisotopic (exact) mass is 442 g/mol.